The molecule has 0 radical (unpaired) electrons. The molecule has 21 heavy (non-hydrogen) atoms. The molecule has 0 heterocycles. The van der Waals surface area contributed by atoms with E-state index in [2.05, 4.69) is 17.2 Å². The Kier molecular flexibility index (Phi) is 7.26. The van der Waals surface area contributed by atoms with Gasteiger partial charge in [-0.05, 0) is 18.2 Å². The minimum Gasteiger partial charge on any atom is -0.384 e. The number of aliphatic hydroxyl groups excluding tert-OH is 1. The summed E-state index contributed by atoms with van der Waals surface area (Å²) in [4.78, 5) is 22.3. The summed E-state index contributed by atoms with van der Waals surface area (Å²) < 4.78 is 4.91. The largest absolute Gasteiger partial charge is 0.384 e. The number of amides is 2. The number of primary amides is 1. The van der Waals surface area contributed by atoms with Gasteiger partial charge >= 0.3 is 0 Å². The first-order valence-corrected chi connectivity index (χ1v) is 6.46. The topological polar surface area (TPSA) is 102 Å². The minimum atomic E-state index is -0.562. The number of hydrogen-bond donors (Lipinski definition) is 3. The first kappa shape index (κ1) is 17.0. The van der Waals surface area contributed by atoms with Crippen molar-refractivity contribution in [2.24, 2.45) is 5.73 Å². The smallest absolute Gasteiger partial charge is 0.251 e. The zero-order valence-electron chi connectivity index (χ0n) is 11.2. The van der Waals surface area contributed by atoms with E-state index in [1.165, 1.54) is 6.07 Å². The summed E-state index contributed by atoms with van der Waals surface area (Å²) in [7, 11) is 0. The summed E-state index contributed by atoms with van der Waals surface area (Å²) in [5.41, 5.74) is 5.81. The lowest BCUT2D eigenvalue weighted by atomic mass is 10.1. The predicted molar refractivity (Wildman–Crippen MR) is 77.8 cm³/mol. The summed E-state index contributed by atoms with van der Waals surface area (Å²) in [5.74, 6) is 4.27. The van der Waals surface area contributed by atoms with Gasteiger partial charge in [-0.3, -0.25) is 9.59 Å². The SMILES string of the molecule is NC(=O)COCCNC(=O)c1ccc(C#CCO)c(Cl)c1. The van der Waals surface area contributed by atoms with Gasteiger partial charge in [0.2, 0.25) is 5.91 Å². The highest BCUT2D eigenvalue weighted by atomic mass is 35.5. The van der Waals surface area contributed by atoms with E-state index in [-0.39, 0.29) is 32.3 Å². The van der Waals surface area contributed by atoms with Gasteiger partial charge in [-0.1, -0.05) is 23.4 Å². The molecule has 0 saturated heterocycles. The third-order valence-electron chi connectivity index (χ3n) is 2.31. The molecule has 0 saturated carbocycles. The number of aliphatic hydroxyl groups is 1. The number of halogens is 1. The van der Waals surface area contributed by atoms with Crippen molar-refractivity contribution in [2.75, 3.05) is 26.4 Å². The zero-order chi connectivity index (χ0) is 15.7. The fourth-order valence-corrected chi connectivity index (χ4v) is 1.63. The van der Waals surface area contributed by atoms with Crippen LogP contribution in [0.25, 0.3) is 0 Å². The van der Waals surface area contributed by atoms with E-state index in [1.54, 1.807) is 12.1 Å². The van der Waals surface area contributed by atoms with Crippen molar-refractivity contribution >= 4 is 23.4 Å². The molecule has 0 unspecified atom stereocenters. The standard InChI is InChI=1S/C14H15ClN2O4/c15-12-8-11(4-3-10(12)2-1-6-18)14(20)17-5-7-21-9-13(16)19/h3-4,8,18H,5-7,9H2,(H2,16,19)(H,17,20). The van der Waals surface area contributed by atoms with E-state index in [4.69, 9.17) is 27.2 Å². The van der Waals surface area contributed by atoms with Crippen molar-refractivity contribution < 1.29 is 19.4 Å². The number of benzene rings is 1. The molecule has 0 aromatic heterocycles. The van der Waals surface area contributed by atoms with Crippen molar-refractivity contribution in [3.05, 3.63) is 34.3 Å². The Labute approximate surface area is 127 Å². The molecule has 2 amide bonds. The Hall–Kier alpha value is -2.07. The first-order chi connectivity index (χ1) is 10.0. The van der Waals surface area contributed by atoms with Crippen LogP contribution in [0.4, 0.5) is 0 Å². The van der Waals surface area contributed by atoms with Crippen LogP contribution in [0.15, 0.2) is 18.2 Å². The van der Waals surface area contributed by atoms with Crippen molar-refractivity contribution in [1.82, 2.24) is 5.32 Å². The van der Waals surface area contributed by atoms with E-state index in [0.717, 1.165) is 0 Å². The fraction of sp³-hybridized carbons (Fsp3) is 0.286. The first-order valence-electron chi connectivity index (χ1n) is 6.08. The van der Waals surface area contributed by atoms with Crippen LogP contribution in [-0.2, 0) is 9.53 Å². The summed E-state index contributed by atoms with van der Waals surface area (Å²) in [5, 5.41) is 11.6. The Morgan fingerprint density at radius 2 is 2.19 bits per heavy atom. The van der Waals surface area contributed by atoms with E-state index < -0.39 is 5.91 Å². The summed E-state index contributed by atoms with van der Waals surface area (Å²) in [6, 6.07) is 4.67. The second-order valence-corrected chi connectivity index (χ2v) is 4.34. The van der Waals surface area contributed by atoms with Crippen LogP contribution in [0.3, 0.4) is 0 Å². The van der Waals surface area contributed by atoms with Gasteiger partial charge in [-0.2, -0.15) is 0 Å². The Morgan fingerprint density at radius 1 is 1.43 bits per heavy atom. The van der Waals surface area contributed by atoms with Gasteiger partial charge < -0.3 is 20.9 Å². The molecule has 0 bridgehead atoms. The van der Waals surface area contributed by atoms with Crippen LogP contribution < -0.4 is 11.1 Å². The molecular weight excluding hydrogens is 296 g/mol. The quantitative estimate of drug-likeness (QED) is 0.505. The number of nitrogens with two attached hydrogens (primary N) is 1. The number of rotatable bonds is 6. The number of carbonyl (C=O) groups excluding carboxylic acids is 2. The van der Waals surface area contributed by atoms with Crippen LogP contribution in [0.1, 0.15) is 15.9 Å². The van der Waals surface area contributed by atoms with Crippen LogP contribution in [0.5, 0.6) is 0 Å². The van der Waals surface area contributed by atoms with Gasteiger partial charge in [0, 0.05) is 17.7 Å². The maximum Gasteiger partial charge on any atom is 0.251 e. The molecule has 0 spiro atoms. The summed E-state index contributed by atoms with van der Waals surface area (Å²) >= 11 is 5.99. The normalized spacial score (nSPS) is 9.62. The highest BCUT2D eigenvalue weighted by Crippen LogP contribution is 2.16. The van der Waals surface area contributed by atoms with E-state index in [1.807, 2.05) is 0 Å². The minimum absolute atomic E-state index is 0.181. The van der Waals surface area contributed by atoms with E-state index in [9.17, 15) is 9.59 Å². The molecule has 1 rings (SSSR count). The molecule has 0 aliphatic rings. The monoisotopic (exact) mass is 310 g/mol. The lowest BCUT2D eigenvalue weighted by molar-refractivity contribution is -0.122. The third-order valence-corrected chi connectivity index (χ3v) is 2.62. The van der Waals surface area contributed by atoms with Crippen LogP contribution in [-0.4, -0.2) is 43.3 Å². The number of nitrogens with one attached hydrogen (secondary N) is 1. The number of hydrogen-bond acceptors (Lipinski definition) is 4. The van der Waals surface area contributed by atoms with Gasteiger partial charge in [-0.15, -0.1) is 0 Å². The van der Waals surface area contributed by atoms with Crippen molar-refractivity contribution in [3.63, 3.8) is 0 Å². The number of ether oxygens (including phenoxy) is 1. The zero-order valence-corrected chi connectivity index (χ0v) is 11.9. The molecule has 6 nitrogen and oxygen atoms in total. The van der Waals surface area contributed by atoms with Crippen molar-refractivity contribution in [2.45, 2.75) is 0 Å². The average Bonchev–Trinajstić information content (AvgIpc) is 2.45. The van der Waals surface area contributed by atoms with E-state index >= 15 is 0 Å². The van der Waals surface area contributed by atoms with Gasteiger partial charge in [0.1, 0.15) is 13.2 Å². The number of carbonyl (C=O) groups is 2. The van der Waals surface area contributed by atoms with Gasteiger partial charge in [0.25, 0.3) is 5.91 Å². The second-order valence-electron chi connectivity index (χ2n) is 3.93. The van der Waals surface area contributed by atoms with Gasteiger partial charge in [-0.25, -0.2) is 0 Å². The van der Waals surface area contributed by atoms with Crippen LogP contribution >= 0.6 is 11.6 Å². The van der Waals surface area contributed by atoms with Crippen molar-refractivity contribution in [1.29, 1.82) is 0 Å². The maximum atomic E-state index is 11.8. The van der Waals surface area contributed by atoms with Crippen LogP contribution in [0.2, 0.25) is 5.02 Å². The summed E-state index contributed by atoms with van der Waals surface area (Å²) in [6.07, 6.45) is 0. The van der Waals surface area contributed by atoms with Crippen LogP contribution in [0, 0.1) is 11.8 Å². The third kappa shape index (κ3) is 6.27. The van der Waals surface area contributed by atoms with Gasteiger partial charge in [0.05, 0.1) is 11.6 Å². The molecule has 0 aliphatic carbocycles. The van der Waals surface area contributed by atoms with Gasteiger partial charge in [0.15, 0.2) is 0 Å². The molecular formula is C14H15ClN2O4. The average molecular weight is 311 g/mol. The summed E-state index contributed by atoms with van der Waals surface area (Å²) in [6.45, 7) is -0.0118. The lowest BCUT2D eigenvalue weighted by Crippen LogP contribution is -2.28. The molecule has 0 fully saturated rings. The highest BCUT2D eigenvalue weighted by Gasteiger charge is 2.07. The maximum absolute atomic E-state index is 11.8. The fourth-order valence-electron chi connectivity index (χ4n) is 1.40. The molecule has 4 N–H and O–H groups in total. The molecule has 0 atom stereocenters. The Balaban J connectivity index is 2.51. The highest BCUT2D eigenvalue weighted by molar-refractivity contribution is 6.32. The Morgan fingerprint density at radius 3 is 2.81 bits per heavy atom. The predicted octanol–water partition coefficient (Wildman–Crippen LogP) is -0.0845. The molecule has 112 valence electrons. The molecule has 0 aliphatic heterocycles. The lowest BCUT2D eigenvalue weighted by Gasteiger charge is -2.06. The second kappa shape index (κ2) is 8.97. The molecule has 1 aromatic carbocycles. The van der Waals surface area contributed by atoms with E-state index in [0.29, 0.717) is 16.1 Å². The van der Waals surface area contributed by atoms with Crippen molar-refractivity contribution in [3.8, 4) is 11.8 Å². The Bertz CT molecular complexity index is 578. The molecule has 7 heteroatoms. The molecule has 1 aromatic rings.